The van der Waals surface area contributed by atoms with Gasteiger partial charge in [0.25, 0.3) is 5.56 Å². The van der Waals surface area contributed by atoms with E-state index in [1.165, 1.54) is 11.3 Å². The number of likely N-dealkylation sites (N-methyl/N-ethyl adjacent to an activating group) is 1. The van der Waals surface area contributed by atoms with Gasteiger partial charge in [0.1, 0.15) is 16.3 Å². The number of aromatic amines is 1. The highest BCUT2D eigenvalue weighted by molar-refractivity contribution is 7.17. The number of rotatable bonds is 5. The number of benzene rings is 2. The summed E-state index contributed by atoms with van der Waals surface area (Å²) >= 11 is 1.40. The van der Waals surface area contributed by atoms with E-state index in [0.29, 0.717) is 22.6 Å². The number of hydrogen-bond donors (Lipinski definition) is 2. The van der Waals surface area contributed by atoms with E-state index in [0.717, 1.165) is 33.0 Å². The second-order valence-corrected chi connectivity index (χ2v) is 8.25. The molecule has 6 heteroatoms. The van der Waals surface area contributed by atoms with Crippen molar-refractivity contribution in [2.24, 2.45) is 0 Å². The van der Waals surface area contributed by atoms with E-state index < -0.39 is 0 Å². The van der Waals surface area contributed by atoms with E-state index in [4.69, 9.17) is 4.74 Å². The summed E-state index contributed by atoms with van der Waals surface area (Å²) < 4.78 is 21.4. The van der Waals surface area contributed by atoms with Crippen LogP contribution < -0.4 is 15.6 Å². The molecule has 1 atom stereocenters. The van der Waals surface area contributed by atoms with E-state index in [2.05, 4.69) is 10.3 Å². The third kappa shape index (κ3) is 3.22. The van der Waals surface area contributed by atoms with Crippen LogP contribution >= 0.6 is 11.3 Å². The van der Waals surface area contributed by atoms with Crippen molar-refractivity contribution in [3.8, 4) is 16.9 Å². The summed E-state index contributed by atoms with van der Waals surface area (Å²) in [5, 5.41) is 6.74. The molecule has 0 aliphatic heterocycles. The van der Waals surface area contributed by atoms with E-state index in [1.54, 1.807) is 13.2 Å². The van der Waals surface area contributed by atoms with Crippen molar-refractivity contribution in [2.75, 3.05) is 20.7 Å². The number of fused-ring (bicyclic) bond motifs is 3. The molecule has 2 heterocycles. The first-order chi connectivity index (χ1) is 14.0. The van der Waals surface area contributed by atoms with Crippen molar-refractivity contribution < 1.29 is 9.13 Å². The molecule has 0 bridgehead atoms. The smallest absolute Gasteiger partial charge is 0.266 e. The maximum atomic E-state index is 15.0. The lowest BCUT2D eigenvalue weighted by atomic mass is 9.92. The van der Waals surface area contributed by atoms with Crippen LogP contribution in [0.2, 0.25) is 0 Å². The van der Waals surface area contributed by atoms with E-state index in [-0.39, 0.29) is 17.3 Å². The standard InChI is InChI=1S/C23H23FN2O2S/c1-12-9-18(28-4)19(14-5-6-15(17(24)10-14)13(2)11-25-3)20-16-7-8-29-22(16)23(27)26-21(12)20/h5-10,13,25H,11H2,1-4H3,(H,26,27). The van der Waals surface area contributed by atoms with E-state index >= 15 is 4.39 Å². The molecule has 0 amide bonds. The normalized spacial score (nSPS) is 12.6. The second kappa shape index (κ2) is 7.61. The summed E-state index contributed by atoms with van der Waals surface area (Å²) in [5.74, 6) is 0.475. The lowest BCUT2D eigenvalue weighted by Gasteiger charge is -2.17. The van der Waals surface area contributed by atoms with Gasteiger partial charge >= 0.3 is 0 Å². The monoisotopic (exact) mass is 410 g/mol. The fraction of sp³-hybridized carbons (Fsp3) is 0.261. The van der Waals surface area contributed by atoms with Gasteiger partial charge < -0.3 is 15.0 Å². The van der Waals surface area contributed by atoms with Gasteiger partial charge in [-0.3, -0.25) is 4.79 Å². The molecule has 1 unspecified atom stereocenters. The number of H-pyrrole nitrogens is 1. The summed E-state index contributed by atoms with van der Waals surface area (Å²) in [4.78, 5) is 15.5. The van der Waals surface area contributed by atoms with Gasteiger partial charge in [0, 0.05) is 22.9 Å². The van der Waals surface area contributed by atoms with Crippen LogP contribution in [0.15, 0.2) is 40.5 Å². The third-order valence-electron chi connectivity index (χ3n) is 5.42. The highest BCUT2D eigenvalue weighted by Crippen LogP contribution is 2.42. The zero-order chi connectivity index (χ0) is 20.7. The average Bonchev–Trinajstić information content (AvgIpc) is 3.19. The number of pyridine rings is 1. The van der Waals surface area contributed by atoms with Crippen LogP contribution in [-0.2, 0) is 0 Å². The Morgan fingerprint density at radius 3 is 2.76 bits per heavy atom. The molecule has 29 heavy (non-hydrogen) atoms. The molecule has 0 spiro atoms. The Morgan fingerprint density at radius 2 is 2.07 bits per heavy atom. The molecule has 0 aliphatic carbocycles. The van der Waals surface area contributed by atoms with Gasteiger partial charge in [0.15, 0.2) is 0 Å². The van der Waals surface area contributed by atoms with Crippen LogP contribution in [0.1, 0.15) is 24.0 Å². The summed E-state index contributed by atoms with van der Waals surface area (Å²) in [7, 11) is 3.47. The maximum Gasteiger partial charge on any atom is 0.266 e. The Kier molecular flexibility index (Phi) is 5.15. The minimum Gasteiger partial charge on any atom is -0.496 e. The molecule has 150 valence electrons. The minimum absolute atomic E-state index is 0.0608. The number of aromatic nitrogens is 1. The van der Waals surface area contributed by atoms with Crippen molar-refractivity contribution >= 4 is 32.3 Å². The molecule has 0 saturated heterocycles. The molecule has 2 aromatic heterocycles. The summed E-state index contributed by atoms with van der Waals surface area (Å²) in [6, 6.07) is 9.17. The number of methoxy groups -OCH3 is 1. The van der Waals surface area contributed by atoms with Crippen LogP contribution in [0, 0.1) is 12.7 Å². The van der Waals surface area contributed by atoms with Crippen LogP contribution in [0.25, 0.3) is 32.1 Å². The first-order valence-electron chi connectivity index (χ1n) is 9.51. The van der Waals surface area contributed by atoms with Crippen molar-refractivity contribution in [3.63, 3.8) is 0 Å². The van der Waals surface area contributed by atoms with Gasteiger partial charge in [-0.2, -0.15) is 0 Å². The molecular formula is C23H23FN2O2S. The highest BCUT2D eigenvalue weighted by atomic mass is 32.1. The molecular weight excluding hydrogens is 387 g/mol. The molecule has 2 N–H and O–H groups in total. The molecule has 0 saturated carbocycles. The van der Waals surface area contributed by atoms with Crippen molar-refractivity contribution in [1.82, 2.24) is 10.3 Å². The summed E-state index contributed by atoms with van der Waals surface area (Å²) in [6.45, 7) is 4.63. The Labute approximate surface area is 172 Å². The van der Waals surface area contributed by atoms with Crippen LogP contribution in [-0.4, -0.2) is 25.7 Å². The van der Waals surface area contributed by atoms with Gasteiger partial charge in [-0.15, -0.1) is 11.3 Å². The lowest BCUT2D eigenvalue weighted by molar-refractivity contribution is 0.416. The SMILES string of the molecule is CNCC(C)c1ccc(-c2c(OC)cc(C)c3[nH]c(=O)c4sccc4c23)cc1F. The first kappa shape index (κ1) is 19.6. The number of nitrogens with one attached hydrogen (secondary N) is 2. The quantitative estimate of drug-likeness (QED) is 0.476. The second-order valence-electron chi connectivity index (χ2n) is 7.33. The zero-order valence-corrected chi connectivity index (χ0v) is 17.7. The van der Waals surface area contributed by atoms with Crippen molar-refractivity contribution in [3.05, 3.63) is 63.0 Å². The molecule has 2 aromatic carbocycles. The molecule has 4 rings (SSSR count). The molecule has 4 aromatic rings. The minimum atomic E-state index is -0.244. The fourth-order valence-corrected chi connectivity index (χ4v) is 4.81. The molecule has 4 nitrogen and oxygen atoms in total. The van der Waals surface area contributed by atoms with Crippen molar-refractivity contribution in [1.29, 1.82) is 0 Å². The van der Waals surface area contributed by atoms with Gasteiger partial charge in [-0.1, -0.05) is 19.1 Å². The van der Waals surface area contributed by atoms with Crippen LogP contribution in [0.5, 0.6) is 5.75 Å². The average molecular weight is 411 g/mol. The summed E-state index contributed by atoms with van der Waals surface area (Å²) in [6.07, 6.45) is 0. The molecule has 0 fully saturated rings. The number of ether oxygens (including phenoxy) is 1. The third-order valence-corrected chi connectivity index (χ3v) is 6.33. The topological polar surface area (TPSA) is 54.1 Å². The highest BCUT2D eigenvalue weighted by Gasteiger charge is 2.20. The Bertz CT molecular complexity index is 1280. The van der Waals surface area contributed by atoms with Gasteiger partial charge in [0.05, 0.1) is 12.6 Å². The van der Waals surface area contributed by atoms with E-state index in [9.17, 15) is 4.79 Å². The Hall–Kier alpha value is -2.70. The Morgan fingerprint density at radius 1 is 1.28 bits per heavy atom. The predicted octanol–water partition coefficient (Wildman–Crippen LogP) is 5.19. The van der Waals surface area contributed by atoms with Gasteiger partial charge in [0.2, 0.25) is 0 Å². The van der Waals surface area contributed by atoms with Crippen LogP contribution in [0.4, 0.5) is 4.39 Å². The maximum absolute atomic E-state index is 15.0. The number of thiophene rings is 1. The van der Waals surface area contributed by atoms with Gasteiger partial charge in [-0.25, -0.2) is 4.39 Å². The molecule has 0 radical (unpaired) electrons. The number of aryl methyl sites for hydroxylation is 1. The number of hydrogen-bond acceptors (Lipinski definition) is 4. The first-order valence-corrected chi connectivity index (χ1v) is 10.4. The van der Waals surface area contributed by atoms with E-state index in [1.807, 2.05) is 50.5 Å². The van der Waals surface area contributed by atoms with Crippen LogP contribution in [0.3, 0.4) is 0 Å². The lowest BCUT2D eigenvalue weighted by Crippen LogP contribution is -2.15. The largest absolute Gasteiger partial charge is 0.496 e. The predicted molar refractivity (Wildman–Crippen MR) is 119 cm³/mol. The Balaban J connectivity index is 2.05. The zero-order valence-electron chi connectivity index (χ0n) is 16.9. The fourth-order valence-electron chi connectivity index (χ4n) is 4.02. The summed E-state index contributed by atoms with van der Waals surface area (Å²) in [5.41, 5.74) is 3.75. The number of halogens is 1. The van der Waals surface area contributed by atoms with Gasteiger partial charge in [-0.05, 0) is 60.2 Å². The van der Waals surface area contributed by atoms with Crippen molar-refractivity contribution in [2.45, 2.75) is 19.8 Å². The molecule has 0 aliphatic rings.